The van der Waals surface area contributed by atoms with E-state index in [9.17, 15) is 22.0 Å². The molecule has 1 aromatic carbocycles. The molecule has 8 heteroatoms. The second-order valence-corrected chi connectivity index (χ2v) is 9.58. The zero-order valence-corrected chi connectivity index (χ0v) is 17.1. The van der Waals surface area contributed by atoms with Crippen molar-refractivity contribution in [2.45, 2.75) is 56.8 Å². The Balaban J connectivity index is 1.65. The standard InChI is InChI=1S/C20H28F2N2O3S/c1-2-10-23(14-19(21)22)20(25)16-8-11-24(12-9-16)28(26,27)18-7-6-15-4-3-5-17(15)13-18/h6-7,13,16,19H,2-5,8-12,14H2,1H3. The van der Waals surface area contributed by atoms with Crippen molar-refractivity contribution in [2.24, 2.45) is 5.92 Å². The lowest BCUT2D eigenvalue weighted by Crippen LogP contribution is -2.45. The molecule has 1 amide bonds. The van der Waals surface area contributed by atoms with E-state index in [0.29, 0.717) is 30.7 Å². The Morgan fingerprint density at radius 1 is 1.21 bits per heavy atom. The lowest BCUT2D eigenvalue weighted by molar-refractivity contribution is -0.138. The Kier molecular flexibility index (Phi) is 6.70. The number of hydrogen-bond acceptors (Lipinski definition) is 3. The maximum Gasteiger partial charge on any atom is 0.255 e. The Labute approximate surface area is 165 Å². The predicted molar refractivity (Wildman–Crippen MR) is 103 cm³/mol. The van der Waals surface area contributed by atoms with Crippen molar-refractivity contribution in [1.29, 1.82) is 0 Å². The molecule has 2 aliphatic rings. The van der Waals surface area contributed by atoms with E-state index in [0.717, 1.165) is 24.8 Å². The van der Waals surface area contributed by atoms with Crippen LogP contribution in [0.5, 0.6) is 0 Å². The number of halogens is 2. The predicted octanol–water partition coefficient (Wildman–Crippen LogP) is 3.08. The van der Waals surface area contributed by atoms with Crippen molar-refractivity contribution in [2.75, 3.05) is 26.2 Å². The van der Waals surface area contributed by atoms with Crippen LogP contribution in [0.25, 0.3) is 0 Å². The number of piperidine rings is 1. The first kappa shape index (κ1) is 21.2. The number of carbonyl (C=O) groups is 1. The van der Waals surface area contributed by atoms with Crippen molar-refractivity contribution < 1.29 is 22.0 Å². The number of alkyl halides is 2. The van der Waals surface area contributed by atoms with Crippen LogP contribution in [0.4, 0.5) is 8.78 Å². The van der Waals surface area contributed by atoms with Crippen LogP contribution in [-0.2, 0) is 27.7 Å². The number of hydrogen-bond donors (Lipinski definition) is 0. The van der Waals surface area contributed by atoms with Crippen LogP contribution in [0.2, 0.25) is 0 Å². The van der Waals surface area contributed by atoms with Gasteiger partial charge in [0.2, 0.25) is 15.9 Å². The van der Waals surface area contributed by atoms with Gasteiger partial charge in [-0.05, 0) is 61.8 Å². The maximum absolute atomic E-state index is 13.0. The van der Waals surface area contributed by atoms with Gasteiger partial charge in [-0.2, -0.15) is 4.31 Å². The normalized spacial score (nSPS) is 18.4. The van der Waals surface area contributed by atoms with Crippen molar-refractivity contribution >= 4 is 15.9 Å². The summed E-state index contributed by atoms with van der Waals surface area (Å²) in [5.74, 6) is -0.673. The molecule has 1 aliphatic heterocycles. The molecule has 1 heterocycles. The number of benzene rings is 1. The maximum atomic E-state index is 13.0. The smallest absolute Gasteiger partial charge is 0.255 e. The van der Waals surface area contributed by atoms with Crippen LogP contribution in [0, 0.1) is 5.92 Å². The Morgan fingerprint density at radius 3 is 2.54 bits per heavy atom. The third-order valence-electron chi connectivity index (χ3n) is 5.67. The molecular weight excluding hydrogens is 386 g/mol. The second kappa shape index (κ2) is 8.86. The van der Waals surface area contributed by atoms with Gasteiger partial charge in [-0.3, -0.25) is 4.79 Å². The molecule has 0 saturated carbocycles. The summed E-state index contributed by atoms with van der Waals surface area (Å²) in [6, 6.07) is 5.35. The van der Waals surface area contributed by atoms with Gasteiger partial charge < -0.3 is 4.90 Å². The highest BCUT2D eigenvalue weighted by Gasteiger charge is 2.34. The summed E-state index contributed by atoms with van der Waals surface area (Å²) in [7, 11) is -3.59. The van der Waals surface area contributed by atoms with E-state index in [4.69, 9.17) is 0 Å². The number of amides is 1. The number of nitrogens with zero attached hydrogens (tertiary/aromatic N) is 2. The van der Waals surface area contributed by atoms with Gasteiger partial charge in [0, 0.05) is 25.6 Å². The molecule has 0 spiro atoms. The molecule has 0 aromatic heterocycles. The highest BCUT2D eigenvalue weighted by molar-refractivity contribution is 7.89. The number of aryl methyl sites for hydroxylation is 2. The summed E-state index contributed by atoms with van der Waals surface area (Å²) in [5.41, 5.74) is 2.33. The van der Waals surface area contributed by atoms with Crippen LogP contribution in [-0.4, -0.2) is 56.1 Å². The van der Waals surface area contributed by atoms with Gasteiger partial charge in [0.25, 0.3) is 6.43 Å². The molecule has 0 unspecified atom stereocenters. The molecular formula is C20H28F2N2O3S. The molecule has 1 aromatic rings. The number of rotatable bonds is 7. The monoisotopic (exact) mass is 414 g/mol. The fraction of sp³-hybridized carbons (Fsp3) is 0.650. The molecule has 0 N–H and O–H groups in total. The van der Waals surface area contributed by atoms with Crippen molar-refractivity contribution in [3.63, 3.8) is 0 Å². The molecule has 28 heavy (non-hydrogen) atoms. The number of fused-ring (bicyclic) bond motifs is 1. The van der Waals surface area contributed by atoms with Crippen molar-refractivity contribution in [1.82, 2.24) is 9.21 Å². The Bertz CT molecular complexity index is 806. The molecule has 0 atom stereocenters. The lowest BCUT2D eigenvalue weighted by atomic mass is 9.96. The molecule has 0 radical (unpaired) electrons. The highest BCUT2D eigenvalue weighted by Crippen LogP contribution is 2.29. The lowest BCUT2D eigenvalue weighted by Gasteiger charge is -2.33. The minimum absolute atomic E-state index is 0.241. The quantitative estimate of drug-likeness (QED) is 0.689. The van der Waals surface area contributed by atoms with Crippen molar-refractivity contribution in [3.8, 4) is 0 Å². The first-order valence-electron chi connectivity index (χ1n) is 10.0. The summed E-state index contributed by atoms with van der Waals surface area (Å²) in [5, 5.41) is 0. The van der Waals surface area contributed by atoms with E-state index >= 15 is 0 Å². The van der Waals surface area contributed by atoms with E-state index in [1.54, 1.807) is 12.1 Å². The fourth-order valence-corrected chi connectivity index (χ4v) is 5.71. The topological polar surface area (TPSA) is 57.7 Å². The van der Waals surface area contributed by atoms with Gasteiger partial charge in [-0.25, -0.2) is 17.2 Å². The fourth-order valence-electron chi connectivity index (χ4n) is 4.19. The zero-order valence-electron chi connectivity index (χ0n) is 16.2. The van der Waals surface area contributed by atoms with Gasteiger partial charge >= 0.3 is 0 Å². The van der Waals surface area contributed by atoms with E-state index in [1.165, 1.54) is 14.8 Å². The summed E-state index contributed by atoms with van der Waals surface area (Å²) >= 11 is 0. The SMILES string of the molecule is CCCN(CC(F)F)C(=O)C1CCN(S(=O)(=O)c2ccc3c(c2)CCC3)CC1. The highest BCUT2D eigenvalue weighted by atomic mass is 32.2. The van der Waals surface area contributed by atoms with E-state index in [-0.39, 0.29) is 19.0 Å². The molecule has 3 rings (SSSR count). The van der Waals surface area contributed by atoms with Crippen LogP contribution in [0.1, 0.15) is 43.7 Å². The van der Waals surface area contributed by atoms with Gasteiger partial charge in [-0.15, -0.1) is 0 Å². The third kappa shape index (κ3) is 4.54. The van der Waals surface area contributed by atoms with E-state index in [2.05, 4.69) is 0 Å². The largest absolute Gasteiger partial charge is 0.337 e. The molecule has 1 saturated heterocycles. The summed E-state index contributed by atoms with van der Waals surface area (Å²) in [6.07, 6.45) is 1.75. The Hall–Kier alpha value is -1.54. The first-order chi connectivity index (χ1) is 13.3. The average Bonchev–Trinajstić information content (AvgIpc) is 3.14. The molecule has 0 bridgehead atoms. The van der Waals surface area contributed by atoms with Crippen LogP contribution in [0.15, 0.2) is 23.1 Å². The van der Waals surface area contributed by atoms with E-state index in [1.807, 2.05) is 13.0 Å². The summed E-state index contributed by atoms with van der Waals surface area (Å²) in [6.45, 7) is 2.07. The second-order valence-electron chi connectivity index (χ2n) is 7.64. The minimum atomic E-state index is -3.59. The van der Waals surface area contributed by atoms with Crippen LogP contribution >= 0.6 is 0 Å². The number of carbonyl (C=O) groups excluding carboxylic acids is 1. The minimum Gasteiger partial charge on any atom is -0.337 e. The van der Waals surface area contributed by atoms with Gasteiger partial charge in [0.1, 0.15) is 0 Å². The third-order valence-corrected chi connectivity index (χ3v) is 7.57. The van der Waals surface area contributed by atoms with Crippen LogP contribution in [0.3, 0.4) is 0 Å². The molecule has 1 fully saturated rings. The summed E-state index contributed by atoms with van der Waals surface area (Å²) < 4.78 is 52.9. The first-order valence-corrected chi connectivity index (χ1v) is 11.5. The van der Waals surface area contributed by atoms with Gasteiger partial charge in [0.15, 0.2) is 0 Å². The Morgan fingerprint density at radius 2 is 1.89 bits per heavy atom. The van der Waals surface area contributed by atoms with Gasteiger partial charge in [0.05, 0.1) is 11.4 Å². The van der Waals surface area contributed by atoms with Crippen molar-refractivity contribution in [3.05, 3.63) is 29.3 Å². The molecule has 156 valence electrons. The van der Waals surface area contributed by atoms with E-state index < -0.39 is 28.9 Å². The zero-order chi connectivity index (χ0) is 20.3. The van der Waals surface area contributed by atoms with Crippen LogP contribution < -0.4 is 0 Å². The summed E-state index contributed by atoms with van der Waals surface area (Å²) in [4.78, 5) is 14.1. The average molecular weight is 415 g/mol. The molecule has 1 aliphatic carbocycles. The number of sulfonamides is 1. The molecule has 5 nitrogen and oxygen atoms in total. The van der Waals surface area contributed by atoms with Gasteiger partial charge in [-0.1, -0.05) is 13.0 Å².